The maximum absolute atomic E-state index is 12.5. The van der Waals surface area contributed by atoms with Gasteiger partial charge in [-0.1, -0.05) is 28.1 Å². The largest absolute Gasteiger partial charge is 0.480 e. The topological polar surface area (TPSA) is 148 Å². The fourth-order valence-electron chi connectivity index (χ4n) is 2.32. The van der Waals surface area contributed by atoms with E-state index in [1.165, 1.54) is 11.8 Å². The van der Waals surface area contributed by atoms with E-state index < -0.39 is 35.8 Å². The third-order valence-corrected chi connectivity index (χ3v) is 5.53. The Morgan fingerprint density at radius 2 is 1.84 bits per heavy atom. The van der Waals surface area contributed by atoms with E-state index in [0.717, 1.165) is 10.0 Å². The van der Waals surface area contributed by atoms with Crippen LogP contribution in [0.2, 0.25) is 0 Å². The van der Waals surface area contributed by atoms with E-state index in [4.69, 9.17) is 15.6 Å². The standard InChI is InChI=1S/C20H28BrN3O6S/c1-12(2)30-18(26)9-23-19(27)16(24-17(25)8-7-15(22)20(28)29)11-31-10-13-3-5-14(21)6-4-13/h3-6,12,15-16H,7-11,22H2,1-2H3,(H,23,27)(H,24,25)(H,28,29). The summed E-state index contributed by atoms with van der Waals surface area (Å²) in [6.45, 7) is 3.08. The van der Waals surface area contributed by atoms with Crippen molar-refractivity contribution >= 4 is 51.4 Å². The zero-order valence-electron chi connectivity index (χ0n) is 17.4. The lowest BCUT2D eigenvalue weighted by molar-refractivity contribution is -0.147. The van der Waals surface area contributed by atoms with Gasteiger partial charge in [0.1, 0.15) is 18.6 Å². The molecule has 172 valence electrons. The van der Waals surface area contributed by atoms with Gasteiger partial charge in [-0.2, -0.15) is 11.8 Å². The first kappa shape index (κ1) is 26.9. The number of carbonyl (C=O) groups is 4. The molecular weight excluding hydrogens is 490 g/mol. The first-order valence-corrected chi connectivity index (χ1v) is 11.6. The minimum atomic E-state index is -1.20. The number of aliphatic carboxylic acids is 1. The minimum absolute atomic E-state index is 0.0533. The fraction of sp³-hybridized carbons (Fsp3) is 0.500. The number of hydrogen-bond donors (Lipinski definition) is 4. The van der Waals surface area contributed by atoms with Crippen LogP contribution in [0.3, 0.4) is 0 Å². The number of thioether (sulfide) groups is 1. The Hall–Kier alpha value is -2.11. The van der Waals surface area contributed by atoms with Crippen molar-refractivity contribution in [2.24, 2.45) is 5.73 Å². The highest BCUT2D eigenvalue weighted by Gasteiger charge is 2.23. The third-order valence-electron chi connectivity index (χ3n) is 3.89. The van der Waals surface area contributed by atoms with Crippen molar-refractivity contribution in [3.8, 4) is 0 Å². The van der Waals surface area contributed by atoms with Crippen LogP contribution in [-0.4, -0.2) is 59.3 Å². The lowest BCUT2D eigenvalue weighted by atomic mass is 10.1. The van der Waals surface area contributed by atoms with Crippen molar-refractivity contribution in [1.29, 1.82) is 0 Å². The molecule has 2 amide bonds. The van der Waals surface area contributed by atoms with Crippen molar-refractivity contribution in [3.63, 3.8) is 0 Å². The van der Waals surface area contributed by atoms with E-state index in [-0.39, 0.29) is 31.2 Å². The number of amides is 2. The van der Waals surface area contributed by atoms with Gasteiger partial charge in [0.15, 0.2) is 0 Å². The van der Waals surface area contributed by atoms with Crippen molar-refractivity contribution < 1.29 is 29.0 Å². The van der Waals surface area contributed by atoms with Gasteiger partial charge >= 0.3 is 11.9 Å². The number of halogens is 1. The van der Waals surface area contributed by atoms with Crippen LogP contribution in [0.15, 0.2) is 28.7 Å². The Kier molecular flexibility index (Phi) is 12.2. The highest BCUT2D eigenvalue weighted by molar-refractivity contribution is 9.10. The van der Waals surface area contributed by atoms with Gasteiger partial charge in [0.2, 0.25) is 11.8 Å². The molecule has 11 heteroatoms. The number of hydrogen-bond acceptors (Lipinski definition) is 7. The molecule has 2 unspecified atom stereocenters. The zero-order valence-corrected chi connectivity index (χ0v) is 19.8. The molecule has 5 N–H and O–H groups in total. The molecule has 9 nitrogen and oxygen atoms in total. The number of benzene rings is 1. The average molecular weight is 518 g/mol. The van der Waals surface area contributed by atoms with E-state index in [1.54, 1.807) is 13.8 Å². The van der Waals surface area contributed by atoms with Crippen molar-refractivity contribution in [2.45, 2.75) is 50.6 Å². The molecule has 1 aromatic rings. The van der Waals surface area contributed by atoms with E-state index in [2.05, 4.69) is 26.6 Å². The fourth-order valence-corrected chi connectivity index (χ4v) is 3.60. The van der Waals surface area contributed by atoms with Gasteiger partial charge in [-0.15, -0.1) is 0 Å². The van der Waals surface area contributed by atoms with E-state index in [9.17, 15) is 19.2 Å². The highest BCUT2D eigenvalue weighted by Crippen LogP contribution is 2.16. The molecule has 0 aliphatic rings. The van der Waals surface area contributed by atoms with Gasteiger partial charge in [0.25, 0.3) is 0 Å². The van der Waals surface area contributed by atoms with Crippen molar-refractivity contribution in [2.75, 3.05) is 12.3 Å². The first-order chi connectivity index (χ1) is 14.6. The molecule has 0 aliphatic heterocycles. The smallest absolute Gasteiger partial charge is 0.325 e. The number of carbonyl (C=O) groups excluding carboxylic acids is 3. The van der Waals surface area contributed by atoms with Gasteiger partial charge in [-0.3, -0.25) is 19.2 Å². The molecular formula is C20H28BrN3O6S. The number of carboxylic acid groups (broad SMARTS) is 1. The first-order valence-electron chi connectivity index (χ1n) is 9.65. The van der Waals surface area contributed by atoms with Crippen LogP contribution in [0, 0.1) is 0 Å². The summed E-state index contributed by atoms with van der Waals surface area (Å²) in [5.74, 6) is -1.92. The van der Waals surface area contributed by atoms with Crippen LogP contribution in [0.5, 0.6) is 0 Å². The van der Waals surface area contributed by atoms with Gasteiger partial charge in [0.05, 0.1) is 6.10 Å². The van der Waals surface area contributed by atoms with Crippen LogP contribution >= 0.6 is 27.7 Å². The van der Waals surface area contributed by atoms with Gasteiger partial charge in [-0.25, -0.2) is 0 Å². The summed E-state index contributed by atoms with van der Waals surface area (Å²) in [6.07, 6.45) is -0.494. The number of esters is 1. The third kappa shape index (κ3) is 11.7. The molecule has 0 aliphatic carbocycles. The van der Waals surface area contributed by atoms with Gasteiger partial charge in [-0.05, 0) is 38.0 Å². The number of carboxylic acids is 1. The molecule has 0 heterocycles. The summed E-state index contributed by atoms with van der Waals surface area (Å²) < 4.78 is 5.93. The summed E-state index contributed by atoms with van der Waals surface area (Å²) in [6, 6.07) is 5.65. The predicted molar refractivity (Wildman–Crippen MR) is 121 cm³/mol. The second-order valence-corrected chi connectivity index (χ2v) is 8.95. The van der Waals surface area contributed by atoms with Crippen molar-refractivity contribution in [3.05, 3.63) is 34.3 Å². The van der Waals surface area contributed by atoms with Crippen LogP contribution in [0.1, 0.15) is 32.3 Å². The molecule has 1 rings (SSSR count). The molecule has 1 aromatic carbocycles. The molecule has 0 aromatic heterocycles. The molecule has 0 spiro atoms. The zero-order chi connectivity index (χ0) is 23.4. The molecule has 2 atom stereocenters. The predicted octanol–water partition coefficient (Wildman–Crippen LogP) is 1.43. The van der Waals surface area contributed by atoms with Gasteiger partial charge in [0, 0.05) is 22.4 Å². The normalized spacial score (nSPS) is 12.7. The van der Waals surface area contributed by atoms with Crippen LogP contribution in [-0.2, 0) is 29.7 Å². The van der Waals surface area contributed by atoms with Crippen LogP contribution in [0.25, 0.3) is 0 Å². The quantitative estimate of drug-likeness (QED) is 0.287. The summed E-state index contributed by atoms with van der Waals surface area (Å²) >= 11 is 4.81. The van der Waals surface area contributed by atoms with Crippen LogP contribution < -0.4 is 16.4 Å². The van der Waals surface area contributed by atoms with Crippen LogP contribution in [0.4, 0.5) is 0 Å². The number of rotatable bonds is 13. The number of ether oxygens (including phenoxy) is 1. The molecule has 0 radical (unpaired) electrons. The monoisotopic (exact) mass is 517 g/mol. The molecule has 31 heavy (non-hydrogen) atoms. The molecule has 0 saturated heterocycles. The minimum Gasteiger partial charge on any atom is -0.480 e. The highest BCUT2D eigenvalue weighted by atomic mass is 79.9. The Morgan fingerprint density at radius 3 is 2.42 bits per heavy atom. The lowest BCUT2D eigenvalue weighted by Gasteiger charge is -2.19. The summed E-state index contributed by atoms with van der Waals surface area (Å²) in [4.78, 5) is 47.2. The Bertz CT molecular complexity index is 760. The van der Waals surface area contributed by atoms with E-state index >= 15 is 0 Å². The van der Waals surface area contributed by atoms with E-state index in [1.807, 2.05) is 24.3 Å². The SMILES string of the molecule is CC(C)OC(=O)CNC(=O)C(CSCc1ccc(Br)cc1)NC(=O)CCC(N)C(=O)O. The number of nitrogens with two attached hydrogens (primary N) is 1. The molecule has 0 fully saturated rings. The maximum atomic E-state index is 12.5. The second-order valence-electron chi connectivity index (χ2n) is 7.00. The average Bonchev–Trinajstić information content (AvgIpc) is 2.70. The van der Waals surface area contributed by atoms with Crippen molar-refractivity contribution in [1.82, 2.24) is 10.6 Å². The summed E-state index contributed by atoms with van der Waals surface area (Å²) in [5.41, 5.74) is 6.46. The molecule has 0 saturated carbocycles. The Balaban J connectivity index is 2.64. The Labute approximate surface area is 194 Å². The number of nitrogens with one attached hydrogen (secondary N) is 2. The summed E-state index contributed by atoms with van der Waals surface area (Å²) in [5, 5.41) is 13.9. The van der Waals surface area contributed by atoms with E-state index in [0.29, 0.717) is 5.75 Å². The summed E-state index contributed by atoms with van der Waals surface area (Å²) in [7, 11) is 0. The second kappa shape index (κ2) is 14.0. The molecule has 0 bridgehead atoms. The lowest BCUT2D eigenvalue weighted by Crippen LogP contribution is -2.49. The maximum Gasteiger partial charge on any atom is 0.325 e. The Morgan fingerprint density at radius 1 is 1.19 bits per heavy atom. The van der Waals surface area contributed by atoms with Gasteiger partial charge < -0.3 is 26.2 Å².